The second kappa shape index (κ2) is 6.98. The van der Waals surface area contributed by atoms with Gasteiger partial charge in [0, 0.05) is 23.1 Å². The minimum Gasteiger partial charge on any atom is -0.422 e. The zero-order valence-electron chi connectivity index (χ0n) is 13.6. The summed E-state index contributed by atoms with van der Waals surface area (Å²) in [6, 6.07) is 13.9. The van der Waals surface area contributed by atoms with E-state index in [-0.39, 0.29) is 22.5 Å². The predicted molar refractivity (Wildman–Crippen MR) is 95.3 cm³/mol. The highest BCUT2D eigenvalue weighted by molar-refractivity contribution is 6.02. The zero-order valence-corrected chi connectivity index (χ0v) is 13.6. The number of hydrogen-bond donors (Lipinski definition) is 1. The second-order valence-electron chi connectivity index (χ2n) is 5.43. The van der Waals surface area contributed by atoms with Gasteiger partial charge in [0.1, 0.15) is 5.58 Å². The van der Waals surface area contributed by atoms with Gasteiger partial charge in [-0.1, -0.05) is 24.3 Å². The lowest BCUT2D eigenvalue weighted by Gasteiger charge is -2.03. The normalized spacial score (nSPS) is 11.3. The summed E-state index contributed by atoms with van der Waals surface area (Å²) in [5.74, 6) is -0.627. The van der Waals surface area contributed by atoms with Crippen LogP contribution in [0.15, 0.2) is 68.9 Å². The summed E-state index contributed by atoms with van der Waals surface area (Å²) < 4.78 is 5.22. The van der Waals surface area contributed by atoms with Crippen LogP contribution < -0.4 is 11.1 Å². The van der Waals surface area contributed by atoms with E-state index in [0.717, 1.165) is 11.5 Å². The Bertz CT molecular complexity index is 1100. The van der Waals surface area contributed by atoms with Crippen molar-refractivity contribution in [1.82, 2.24) is 5.43 Å². The average molecular weight is 351 g/mol. The molecule has 2 aromatic carbocycles. The fraction of sp³-hybridized carbons (Fsp3) is 0.0556. The fourth-order valence-corrected chi connectivity index (χ4v) is 2.33. The Morgan fingerprint density at radius 3 is 2.69 bits per heavy atom. The highest BCUT2D eigenvalue weighted by Crippen LogP contribution is 2.14. The lowest BCUT2D eigenvalue weighted by molar-refractivity contribution is -0.384. The molecule has 26 heavy (non-hydrogen) atoms. The molecule has 1 N–H and O–H groups in total. The Kier molecular flexibility index (Phi) is 4.57. The maximum atomic E-state index is 12.1. The number of nitrogens with zero attached hydrogens (tertiary/aromatic N) is 2. The van der Waals surface area contributed by atoms with Gasteiger partial charge in [-0.25, -0.2) is 10.2 Å². The molecule has 0 spiro atoms. The molecule has 130 valence electrons. The van der Waals surface area contributed by atoms with E-state index in [1.165, 1.54) is 18.2 Å². The van der Waals surface area contributed by atoms with E-state index in [9.17, 15) is 19.7 Å². The molecule has 0 fully saturated rings. The Labute approximate surface area is 146 Å². The van der Waals surface area contributed by atoms with E-state index in [4.69, 9.17) is 4.42 Å². The number of fused-ring (bicyclic) bond motifs is 1. The molecule has 3 aromatic rings. The number of benzene rings is 2. The van der Waals surface area contributed by atoms with Crippen LogP contribution in [0.5, 0.6) is 0 Å². The summed E-state index contributed by atoms with van der Waals surface area (Å²) >= 11 is 0. The Morgan fingerprint density at radius 2 is 1.92 bits per heavy atom. The van der Waals surface area contributed by atoms with E-state index < -0.39 is 16.5 Å². The highest BCUT2D eigenvalue weighted by Gasteiger charge is 2.12. The third kappa shape index (κ3) is 3.48. The van der Waals surface area contributed by atoms with Crippen molar-refractivity contribution in [2.24, 2.45) is 5.10 Å². The third-order valence-corrected chi connectivity index (χ3v) is 3.68. The molecule has 0 atom stereocenters. The van der Waals surface area contributed by atoms with Gasteiger partial charge in [-0.3, -0.25) is 14.9 Å². The van der Waals surface area contributed by atoms with Crippen LogP contribution in [0.3, 0.4) is 0 Å². The Hall–Kier alpha value is -3.81. The highest BCUT2D eigenvalue weighted by atomic mass is 16.6. The number of nitro benzene ring substituents is 1. The molecule has 1 heterocycles. The van der Waals surface area contributed by atoms with Crippen molar-refractivity contribution >= 4 is 28.3 Å². The van der Waals surface area contributed by atoms with Crippen LogP contribution in [0.4, 0.5) is 5.69 Å². The minimum atomic E-state index is -0.627. The standard InChI is InChI=1S/C18H13N3O5/c1-11(15-10-12-5-2-3-8-16(12)26-18(15)23)19-20-17(22)13-6-4-7-14(9-13)21(24)25/h2-10H,1H3,(H,20,22)/b19-11-. The molecule has 0 aliphatic heterocycles. The van der Waals surface area contributed by atoms with Crippen molar-refractivity contribution in [2.45, 2.75) is 6.92 Å². The summed E-state index contributed by atoms with van der Waals surface area (Å²) in [6.07, 6.45) is 0. The molecule has 0 aliphatic carbocycles. The molecule has 1 aromatic heterocycles. The average Bonchev–Trinajstić information content (AvgIpc) is 2.65. The molecule has 3 rings (SSSR count). The van der Waals surface area contributed by atoms with Crippen molar-refractivity contribution < 1.29 is 14.1 Å². The maximum absolute atomic E-state index is 12.1. The van der Waals surface area contributed by atoms with Crippen LogP contribution in [0.25, 0.3) is 11.0 Å². The van der Waals surface area contributed by atoms with Gasteiger partial charge in [-0.2, -0.15) is 5.10 Å². The quantitative estimate of drug-likeness (QED) is 0.336. The summed E-state index contributed by atoms with van der Waals surface area (Å²) in [5, 5.41) is 15.4. The summed E-state index contributed by atoms with van der Waals surface area (Å²) in [4.78, 5) is 34.4. The van der Waals surface area contributed by atoms with Crippen LogP contribution in [-0.4, -0.2) is 16.5 Å². The maximum Gasteiger partial charge on any atom is 0.345 e. The van der Waals surface area contributed by atoms with Gasteiger partial charge in [0.2, 0.25) is 0 Å². The number of carbonyl (C=O) groups excluding carboxylic acids is 1. The van der Waals surface area contributed by atoms with E-state index in [2.05, 4.69) is 10.5 Å². The van der Waals surface area contributed by atoms with Crippen LogP contribution in [0.2, 0.25) is 0 Å². The molecular weight excluding hydrogens is 338 g/mol. The first-order valence-corrected chi connectivity index (χ1v) is 7.58. The number of amides is 1. The first kappa shape index (κ1) is 17.0. The Balaban J connectivity index is 1.85. The van der Waals surface area contributed by atoms with Crippen molar-refractivity contribution in [2.75, 3.05) is 0 Å². The number of nitro groups is 1. The first-order chi connectivity index (χ1) is 12.5. The van der Waals surface area contributed by atoms with Gasteiger partial charge < -0.3 is 4.42 Å². The summed E-state index contributed by atoms with van der Waals surface area (Å²) in [6.45, 7) is 1.55. The minimum absolute atomic E-state index is 0.0845. The van der Waals surface area contributed by atoms with Crippen molar-refractivity contribution in [3.8, 4) is 0 Å². The van der Waals surface area contributed by atoms with E-state index in [0.29, 0.717) is 5.58 Å². The first-order valence-electron chi connectivity index (χ1n) is 7.58. The molecule has 0 saturated carbocycles. The lowest BCUT2D eigenvalue weighted by atomic mass is 10.1. The van der Waals surface area contributed by atoms with Crippen LogP contribution >= 0.6 is 0 Å². The van der Waals surface area contributed by atoms with E-state index >= 15 is 0 Å². The number of hydrazone groups is 1. The number of para-hydroxylation sites is 1. The Morgan fingerprint density at radius 1 is 1.15 bits per heavy atom. The number of rotatable bonds is 4. The molecule has 0 saturated heterocycles. The van der Waals surface area contributed by atoms with E-state index in [1.54, 1.807) is 31.2 Å². The lowest BCUT2D eigenvalue weighted by Crippen LogP contribution is -2.21. The van der Waals surface area contributed by atoms with Crippen LogP contribution in [0.1, 0.15) is 22.8 Å². The smallest absolute Gasteiger partial charge is 0.345 e. The predicted octanol–water partition coefficient (Wildman–Crippen LogP) is 2.86. The van der Waals surface area contributed by atoms with Gasteiger partial charge in [-0.15, -0.1) is 0 Å². The van der Waals surface area contributed by atoms with Gasteiger partial charge in [0.25, 0.3) is 11.6 Å². The topological polar surface area (TPSA) is 115 Å². The number of nitrogens with one attached hydrogen (secondary N) is 1. The number of carbonyl (C=O) groups is 1. The summed E-state index contributed by atoms with van der Waals surface area (Å²) in [5.41, 5.74) is 2.51. The van der Waals surface area contributed by atoms with Crippen molar-refractivity contribution in [3.63, 3.8) is 0 Å². The molecule has 0 unspecified atom stereocenters. The monoisotopic (exact) mass is 351 g/mol. The SMILES string of the molecule is C/C(=N/NC(=O)c1cccc([N+](=O)[O-])c1)c1cc2ccccc2oc1=O. The molecule has 0 aliphatic rings. The zero-order chi connectivity index (χ0) is 18.7. The molecule has 0 radical (unpaired) electrons. The van der Waals surface area contributed by atoms with Crippen molar-refractivity contribution in [3.05, 3.63) is 86.3 Å². The molecule has 1 amide bonds. The molecule has 8 heteroatoms. The molecular formula is C18H13N3O5. The van der Waals surface area contributed by atoms with Gasteiger partial charge >= 0.3 is 5.63 Å². The van der Waals surface area contributed by atoms with Crippen molar-refractivity contribution in [1.29, 1.82) is 0 Å². The third-order valence-electron chi connectivity index (χ3n) is 3.68. The van der Waals surface area contributed by atoms with Crippen LogP contribution in [0, 0.1) is 10.1 Å². The molecule has 8 nitrogen and oxygen atoms in total. The number of hydrogen-bond acceptors (Lipinski definition) is 6. The van der Waals surface area contributed by atoms with Gasteiger partial charge in [0.05, 0.1) is 16.2 Å². The fourth-order valence-electron chi connectivity index (χ4n) is 2.33. The van der Waals surface area contributed by atoms with Gasteiger partial charge in [-0.05, 0) is 25.1 Å². The van der Waals surface area contributed by atoms with E-state index in [1.807, 2.05) is 6.07 Å². The molecule has 0 bridgehead atoms. The second-order valence-corrected chi connectivity index (χ2v) is 5.43. The van der Waals surface area contributed by atoms with Gasteiger partial charge in [0.15, 0.2) is 0 Å². The van der Waals surface area contributed by atoms with Crippen LogP contribution in [-0.2, 0) is 0 Å². The number of non-ortho nitro benzene ring substituents is 1. The largest absolute Gasteiger partial charge is 0.422 e. The summed E-state index contributed by atoms with van der Waals surface area (Å²) in [7, 11) is 0.